The minimum absolute atomic E-state index is 0.0754. The third-order valence-corrected chi connectivity index (χ3v) is 11.5. The zero-order valence-corrected chi connectivity index (χ0v) is 37.7. The number of para-hydroxylation sites is 1. The van der Waals surface area contributed by atoms with Crippen LogP contribution in [0.25, 0.3) is 10.8 Å². The lowest BCUT2D eigenvalue weighted by Crippen LogP contribution is -2.52. The summed E-state index contributed by atoms with van der Waals surface area (Å²) in [5.74, 6) is 0.436. The van der Waals surface area contributed by atoms with E-state index < -0.39 is 18.0 Å². The predicted octanol–water partition coefficient (Wildman–Crippen LogP) is 8.16. The summed E-state index contributed by atoms with van der Waals surface area (Å²) in [5, 5.41) is 37.0. The van der Waals surface area contributed by atoms with Crippen molar-refractivity contribution in [3.05, 3.63) is 172 Å². The molecule has 17 heteroatoms. The Hall–Kier alpha value is -6.48. The zero-order chi connectivity index (χ0) is 47.8. The Kier molecular flexibility index (Phi) is 17.8. The van der Waals surface area contributed by atoms with Crippen molar-refractivity contribution in [2.75, 3.05) is 47.1 Å². The number of amides is 1. The molecule has 7 rings (SSSR count). The molecule has 1 amide bonds. The second-order valence-corrected chi connectivity index (χ2v) is 16.0. The van der Waals surface area contributed by atoms with Gasteiger partial charge in [0.25, 0.3) is 5.91 Å². The number of piperidine rings is 1. The maximum absolute atomic E-state index is 14.4. The monoisotopic (exact) mass is 933 g/mol. The summed E-state index contributed by atoms with van der Waals surface area (Å²) >= 11 is 0. The van der Waals surface area contributed by atoms with Gasteiger partial charge in [-0.15, -0.1) is 0 Å². The van der Waals surface area contributed by atoms with E-state index in [9.17, 15) is 9.59 Å². The second kappa shape index (κ2) is 24.5. The first-order valence-electron chi connectivity index (χ1n) is 21.9. The molecule has 0 bridgehead atoms. The van der Waals surface area contributed by atoms with Gasteiger partial charge in [-0.05, 0) is 82.2 Å². The Bertz CT molecular complexity index is 2540. The molecule has 1 saturated heterocycles. The molecule has 4 N–H and O–H groups in total. The molecule has 1 aliphatic rings. The number of hydrogen-bond donors (Lipinski definition) is 4. The molecule has 68 heavy (non-hydrogen) atoms. The average Bonchev–Trinajstić information content (AvgIpc) is 3.37. The van der Waals surface area contributed by atoms with Gasteiger partial charge in [0.15, 0.2) is 0 Å². The predicted molar refractivity (Wildman–Crippen MR) is 244 cm³/mol. The molecule has 3 unspecified atom stereocenters. The van der Waals surface area contributed by atoms with E-state index in [1.807, 2.05) is 84.9 Å². The highest BCUT2D eigenvalue weighted by Crippen LogP contribution is 2.38. The van der Waals surface area contributed by atoms with E-state index in [0.29, 0.717) is 54.4 Å². The summed E-state index contributed by atoms with van der Waals surface area (Å²) in [6.07, 6.45) is 0.0679. The minimum Gasteiger partial charge on any atom is -0.496 e. The lowest BCUT2D eigenvalue weighted by molar-refractivity contribution is -0.497. The van der Waals surface area contributed by atoms with Crippen LogP contribution < -0.4 is 14.2 Å². The molecule has 0 saturated carbocycles. The van der Waals surface area contributed by atoms with Gasteiger partial charge in [-0.25, -0.2) is 14.5 Å². The molecular weight excluding hydrogens is 879 g/mol. The first-order valence-corrected chi connectivity index (χ1v) is 21.9. The Morgan fingerprint density at radius 1 is 0.647 bits per heavy atom. The number of methoxy groups -OCH3 is 2. The Balaban J connectivity index is 1.12. The van der Waals surface area contributed by atoms with Gasteiger partial charge in [0.05, 0.1) is 82.9 Å². The smallest absolute Gasteiger partial charge is 0.338 e. The summed E-state index contributed by atoms with van der Waals surface area (Å²) in [5.41, 5.74) is 4.54. The molecule has 1 aliphatic heterocycles. The maximum Gasteiger partial charge on any atom is 0.338 e. The SMILES string of the molecule is COc1ccccc1COCCCOc1ccc(C2C(COC(=O)c3ccc(CON(O)O)cc3)CN(C(=O)c3ccc(CON(O)O)cc3)CC2OCc2cc(OC)c3ccccc3c2)cc1. The van der Waals surface area contributed by atoms with Crippen molar-refractivity contribution in [3.63, 3.8) is 0 Å². The van der Waals surface area contributed by atoms with Crippen LogP contribution in [0.2, 0.25) is 0 Å². The van der Waals surface area contributed by atoms with Crippen molar-refractivity contribution >= 4 is 22.6 Å². The molecule has 0 spiro atoms. The third-order valence-electron chi connectivity index (χ3n) is 11.5. The Morgan fingerprint density at radius 2 is 1.29 bits per heavy atom. The first kappa shape index (κ1) is 49.4. The number of likely N-dealkylation sites (tertiary alicyclic amines) is 1. The second-order valence-electron chi connectivity index (χ2n) is 16.0. The van der Waals surface area contributed by atoms with Crippen LogP contribution in [0.4, 0.5) is 0 Å². The van der Waals surface area contributed by atoms with E-state index in [4.69, 9.17) is 54.1 Å². The van der Waals surface area contributed by atoms with Gasteiger partial charge in [0.2, 0.25) is 0 Å². The fourth-order valence-electron chi connectivity index (χ4n) is 8.20. The van der Waals surface area contributed by atoms with Crippen molar-refractivity contribution in [2.45, 2.75) is 44.9 Å². The van der Waals surface area contributed by atoms with Crippen molar-refractivity contribution in [1.29, 1.82) is 0 Å². The van der Waals surface area contributed by atoms with Crippen molar-refractivity contribution in [3.8, 4) is 17.2 Å². The number of benzene rings is 6. The van der Waals surface area contributed by atoms with Crippen molar-refractivity contribution < 1.29 is 68.5 Å². The van der Waals surface area contributed by atoms with Crippen LogP contribution in [0.5, 0.6) is 17.2 Å². The van der Waals surface area contributed by atoms with Crippen molar-refractivity contribution in [1.82, 2.24) is 15.7 Å². The molecular formula is C51H55N3O14. The number of carbonyl (C=O) groups is 2. The summed E-state index contributed by atoms with van der Waals surface area (Å²) < 4.78 is 36.1. The van der Waals surface area contributed by atoms with Gasteiger partial charge in [-0.1, -0.05) is 78.9 Å². The summed E-state index contributed by atoms with van der Waals surface area (Å²) in [6, 6.07) is 40.3. The number of fused-ring (bicyclic) bond motifs is 1. The topological polar surface area (TPSA) is 199 Å². The van der Waals surface area contributed by atoms with Gasteiger partial charge in [-0.3, -0.25) is 25.6 Å². The molecule has 1 fully saturated rings. The largest absolute Gasteiger partial charge is 0.496 e. The normalized spacial score (nSPS) is 16.0. The number of ether oxygens (including phenoxy) is 6. The number of carbonyl (C=O) groups excluding carboxylic acids is 2. The fourth-order valence-corrected chi connectivity index (χ4v) is 8.20. The molecule has 0 aromatic heterocycles. The van der Waals surface area contributed by atoms with Gasteiger partial charge >= 0.3 is 5.97 Å². The molecule has 6 aromatic rings. The average molecular weight is 934 g/mol. The zero-order valence-electron chi connectivity index (χ0n) is 37.7. The van der Waals surface area contributed by atoms with Crippen LogP contribution in [0.15, 0.2) is 133 Å². The molecule has 6 aromatic carbocycles. The maximum atomic E-state index is 14.4. The molecule has 1 heterocycles. The lowest BCUT2D eigenvalue weighted by Gasteiger charge is -2.44. The molecule has 0 aliphatic carbocycles. The molecule has 17 nitrogen and oxygen atoms in total. The first-order chi connectivity index (χ1) is 33.1. The Morgan fingerprint density at radius 3 is 1.97 bits per heavy atom. The molecule has 358 valence electrons. The van der Waals surface area contributed by atoms with E-state index in [2.05, 4.69) is 4.84 Å². The van der Waals surface area contributed by atoms with Gasteiger partial charge < -0.3 is 33.3 Å². The fraction of sp³-hybridized carbons (Fsp3) is 0.294. The standard InChI is InChI=1S/C51H55N3O14/c1-61-46-11-6-4-9-42(46)33-63-24-7-25-64-44-22-20-38(21-23-44)49-43(34-66-51(56)40-18-14-36(15-19-40)32-68-54(59)60)28-52(50(55)39-16-12-35(13-17-39)31-67-53(57)58)29-48(49)65-30-37-26-41-8-3-5-10-45(41)47(27-37)62-2/h3-6,8-23,26-27,43,48-49,57-60H,7,24-25,28-34H2,1-2H3. The van der Waals surface area contributed by atoms with Crippen molar-refractivity contribution in [2.24, 2.45) is 5.92 Å². The summed E-state index contributed by atoms with van der Waals surface area (Å²) in [7, 11) is 3.26. The summed E-state index contributed by atoms with van der Waals surface area (Å²) in [6.45, 7) is 1.56. The van der Waals surface area contributed by atoms with Crippen LogP contribution in [-0.2, 0) is 50.3 Å². The van der Waals surface area contributed by atoms with Gasteiger partial charge in [0, 0.05) is 47.9 Å². The minimum atomic E-state index is -0.593. The highest BCUT2D eigenvalue weighted by atomic mass is 17.1. The van der Waals surface area contributed by atoms with E-state index in [1.54, 1.807) is 67.7 Å². The van der Waals surface area contributed by atoms with Crippen LogP contribution >= 0.6 is 0 Å². The van der Waals surface area contributed by atoms with E-state index in [-0.39, 0.29) is 67.7 Å². The van der Waals surface area contributed by atoms with E-state index >= 15 is 0 Å². The van der Waals surface area contributed by atoms with E-state index in [1.165, 1.54) is 0 Å². The lowest BCUT2D eigenvalue weighted by atomic mass is 9.78. The number of hydrogen-bond acceptors (Lipinski definition) is 16. The molecule has 3 atom stereocenters. The van der Waals surface area contributed by atoms with Gasteiger partial charge in [0.1, 0.15) is 17.2 Å². The van der Waals surface area contributed by atoms with Gasteiger partial charge in [-0.2, -0.15) is 0 Å². The van der Waals surface area contributed by atoms with Crippen LogP contribution in [0.1, 0.15) is 60.9 Å². The van der Waals surface area contributed by atoms with E-state index in [0.717, 1.165) is 33.2 Å². The van der Waals surface area contributed by atoms with Crippen LogP contribution in [0, 0.1) is 5.92 Å². The van der Waals surface area contributed by atoms with Crippen LogP contribution in [-0.4, -0.2) is 102 Å². The number of nitrogens with zero attached hydrogens (tertiary/aromatic N) is 3. The highest BCUT2D eigenvalue weighted by Gasteiger charge is 2.41. The quantitative estimate of drug-likeness (QED) is 0.0272. The van der Waals surface area contributed by atoms with Crippen LogP contribution in [0.3, 0.4) is 0 Å². The number of rotatable bonds is 23. The highest BCUT2D eigenvalue weighted by molar-refractivity contribution is 5.94. The number of esters is 1. The molecule has 0 radical (unpaired) electrons. The third kappa shape index (κ3) is 13.6. The summed E-state index contributed by atoms with van der Waals surface area (Å²) in [4.78, 5) is 39.1. The Labute approximate surface area is 393 Å².